The number of aromatic carboxylic acids is 1. The highest BCUT2D eigenvalue weighted by atomic mass is 35.5. The van der Waals surface area contributed by atoms with Crippen molar-refractivity contribution in [2.45, 2.75) is 25.6 Å². The molecule has 0 aromatic heterocycles. The summed E-state index contributed by atoms with van der Waals surface area (Å²) >= 11 is 5.70. The maximum Gasteiger partial charge on any atom is 0.391 e. The van der Waals surface area contributed by atoms with Gasteiger partial charge in [-0.05, 0) is 19.1 Å². The zero-order valence-electron chi connectivity index (χ0n) is 10.8. The van der Waals surface area contributed by atoms with Gasteiger partial charge in [-0.25, -0.2) is 9.59 Å². The lowest BCUT2D eigenvalue weighted by Gasteiger charge is -2.17. The molecular formula is C12H12ClF3N2O3. The van der Waals surface area contributed by atoms with Crippen LogP contribution < -0.4 is 10.6 Å². The molecule has 0 aliphatic rings. The normalized spacial score (nSPS) is 12.6. The molecule has 0 saturated carbocycles. The van der Waals surface area contributed by atoms with Crippen molar-refractivity contribution in [3.05, 3.63) is 28.8 Å². The van der Waals surface area contributed by atoms with Crippen LogP contribution in [0, 0.1) is 0 Å². The zero-order chi connectivity index (χ0) is 16.2. The van der Waals surface area contributed by atoms with Crippen molar-refractivity contribution in [1.82, 2.24) is 5.32 Å². The minimum absolute atomic E-state index is 0.0939. The smallest absolute Gasteiger partial charge is 0.391 e. The first-order valence-electron chi connectivity index (χ1n) is 5.76. The van der Waals surface area contributed by atoms with E-state index in [2.05, 4.69) is 10.6 Å². The molecule has 0 bridgehead atoms. The largest absolute Gasteiger partial charge is 0.478 e. The zero-order valence-corrected chi connectivity index (χ0v) is 11.5. The van der Waals surface area contributed by atoms with Crippen LogP contribution in [0.4, 0.5) is 23.7 Å². The second kappa shape index (κ2) is 6.66. The number of nitrogens with one attached hydrogen (secondary N) is 2. The van der Waals surface area contributed by atoms with Crippen LogP contribution >= 0.6 is 11.6 Å². The van der Waals surface area contributed by atoms with Gasteiger partial charge in [0.05, 0.1) is 17.1 Å². The van der Waals surface area contributed by atoms with Crippen molar-refractivity contribution < 1.29 is 27.9 Å². The minimum atomic E-state index is -4.41. The molecule has 0 fully saturated rings. The van der Waals surface area contributed by atoms with Crippen LogP contribution in [0.25, 0.3) is 0 Å². The van der Waals surface area contributed by atoms with Gasteiger partial charge in [-0.2, -0.15) is 13.2 Å². The van der Waals surface area contributed by atoms with Crippen LogP contribution in [0.3, 0.4) is 0 Å². The topological polar surface area (TPSA) is 78.4 Å². The standard InChI is InChI=1S/C12H12ClF3N2O3/c1-6(5-12(14,15)16)17-11(21)18-8-4-2-3-7(13)9(8)10(19)20/h2-4,6H,5H2,1H3,(H,19,20)(H2,17,18,21). The molecule has 0 radical (unpaired) electrons. The second-order valence-corrected chi connectivity index (χ2v) is 4.69. The van der Waals surface area contributed by atoms with Crippen molar-refractivity contribution in [3.8, 4) is 0 Å². The maximum absolute atomic E-state index is 12.1. The summed E-state index contributed by atoms with van der Waals surface area (Å²) < 4.78 is 36.4. The molecule has 0 aliphatic carbocycles. The number of benzene rings is 1. The third-order valence-electron chi connectivity index (χ3n) is 2.39. The number of urea groups is 1. The summed E-state index contributed by atoms with van der Waals surface area (Å²) in [4.78, 5) is 22.6. The lowest BCUT2D eigenvalue weighted by Crippen LogP contribution is -2.38. The monoisotopic (exact) mass is 324 g/mol. The summed E-state index contributed by atoms with van der Waals surface area (Å²) in [5, 5.41) is 13.1. The molecular weight excluding hydrogens is 313 g/mol. The van der Waals surface area contributed by atoms with Crippen molar-refractivity contribution in [3.63, 3.8) is 0 Å². The Kier molecular flexibility index (Phi) is 5.42. The molecule has 1 atom stereocenters. The summed E-state index contributed by atoms with van der Waals surface area (Å²) in [5.41, 5.74) is -0.440. The van der Waals surface area contributed by atoms with Gasteiger partial charge in [0.15, 0.2) is 0 Å². The van der Waals surface area contributed by atoms with E-state index in [4.69, 9.17) is 16.7 Å². The van der Waals surface area contributed by atoms with E-state index in [1.54, 1.807) is 0 Å². The first-order chi connectivity index (χ1) is 9.60. The number of anilines is 1. The number of alkyl halides is 3. The number of carbonyl (C=O) groups is 2. The molecule has 1 rings (SSSR count). The van der Waals surface area contributed by atoms with Crippen LogP contribution in [-0.2, 0) is 0 Å². The van der Waals surface area contributed by atoms with Crippen molar-refractivity contribution >= 4 is 29.3 Å². The molecule has 116 valence electrons. The molecule has 1 aromatic rings. The van der Waals surface area contributed by atoms with E-state index >= 15 is 0 Å². The highest BCUT2D eigenvalue weighted by molar-refractivity contribution is 6.34. The third kappa shape index (κ3) is 5.50. The maximum atomic E-state index is 12.1. The Morgan fingerprint density at radius 3 is 2.52 bits per heavy atom. The van der Waals surface area contributed by atoms with Crippen molar-refractivity contribution in [2.24, 2.45) is 0 Å². The lowest BCUT2D eigenvalue weighted by atomic mass is 10.2. The molecule has 1 aromatic carbocycles. The van der Waals surface area contributed by atoms with Gasteiger partial charge < -0.3 is 15.7 Å². The molecule has 0 spiro atoms. The highest BCUT2D eigenvalue weighted by Crippen LogP contribution is 2.24. The second-order valence-electron chi connectivity index (χ2n) is 4.29. The Balaban J connectivity index is 2.76. The Bertz CT molecular complexity index is 549. The molecule has 2 amide bonds. The number of amides is 2. The summed E-state index contributed by atoms with van der Waals surface area (Å²) in [6.45, 7) is 1.18. The third-order valence-corrected chi connectivity index (χ3v) is 2.71. The molecule has 21 heavy (non-hydrogen) atoms. The van der Waals surface area contributed by atoms with Crippen LogP contribution in [0.2, 0.25) is 5.02 Å². The van der Waals surface area contributed by atoms with E-state index in [9.17, 15) is 22.8 Å². The summed E-state index contributed by atoms with van der Waals surface area (Å²) in [6, 6.07) is 1.90. The van der Waals surface area contributed by atoms with Crippen LogP contribution in [0.1, 0.15) is 23.7 Å². The Labute approximate surface area is 123 Å². The molecule has 5 nitrogen and oxygen atoms in total. The fourth-order valence-electron chi connectivity index (χ4n) is 1.63. The van der Waals surface area contributed by atoms with E-state index in [0.717, 1.165) is 0 Å². The van der Waals surface area contributed by atoms with E-state index in [-0.39, 0.29) is 16.3 Å². The van der Waals surface area contributed by atoms with Gasteiger partial charge in [0.25, 0.3) is 0 Å². The van der Waals surface area contributed by atoms with Gasteiger partial charge in [0, 0.05) is 6.04 Å². The van der Waals surface area contributed by atoms with Crippen molar-refractivity contribution in [2.75, 3.05) is 5.32 Å². The Hall–Kier alpha value is -1.96. The summed E-state index contributed by atoms with van der Waals surface area (Å²) in [6.07, 6.45) is -5.60. The average molecular weight is 325 g/mol. The number of halogens is 4. The lowest BCUT2D eigenvalue weighted by molar-refractivity contribution is -0.138. The van der Waals surface area contributed by atoms with Gasteiger partial charge in [-0.3, -0.25) is 0 Å². The molecule has 0 saturated heterocycles. The van der Waals surface area contributed by atoms with Gasteiger partial charge in [-0.1, -0.05) is 17.7 Å². The molecule has 9 heteroatoms. The number of hydrogen-bond donors (Lipinski definition) is 3. The van der Waals surface area contributed by atoms with Gasteiger partial charge >= 0.3 is 18.2 Å². The number of carboxylic acid groups (broad SMARTS) is 1. The van der Waals surface area contributed by atoms with Crippen LogP contribution in [0.5, 0.6) is 0 Å². The Morgan fingerprint density at radius 1 is 1.38 bits per heavy atom. The number of carboxylic acids is 1. The fourth-order valence-corrected chi connectivity index (χ4v) is 1.88. The van der Waals surface area contributed by atoms with E-state index < -0.39 is 30.6 Å². The first-order valence-corrected chi connectivity index (χ1v) is 6.14. The summed E-state index contributed by atoms with van der Waals surface area (Å²) in [7, 11) is 0. The predicted octanol–water partition coefficient (Wildman–Crippen LogP) is 3.50. The van der Waals surface area contributed by atoms with Crippen LogP contribution in [-0.4, -0.2) is 29.3 Å². The van der Waals surface area contributed by atoms with Gasteiger partial charge in [0.1, 0.15) is 5.56 Å². The Morgan fingerprint density at radius 2 is 2.00 bits per heavy atom. The molecule has 0 heterocycles. The molecule has 0 aliphatic heterocycles. The van der Waals surface area contributed by atoms with E-state index in [1.807, 2.05) is 0 Å². The van der Waals surface area contributed by atoms with Gasteiger partial charge in [-0.15, -0.1) is 0 Å². The van der Waals surface area contributed by atoms with Gasteiger partial charge in [0.2, 0.25) is 0 Å². The SMILES string of the molecule is CC(CC(F)(F)F)NC(=O)Nc1cccc(Cl)c1C(=O)O. The quantitative estimate of drug-likeness (QED) is 0.793. The number of carbonyl (C=O) groups excluding carboxylic acids is 1. The predicted molar refractivity (Wildman–Crippen MR) is 70.7 cm³/mol. The number of rotatable bonds is 4. The highest BCUT2D eigenvalue weighted by Gasteiger charge is 2.30. The van der Waals surface area contributed by atoms with E-state index in [1.165, 1.54) is 25.1 Å². The minimum Gasteiger partial charge on any atom is -0.478 e. The summed E-state index contributed by atoms with van der Waals surface area (Å²) in [5.74, 6) is -1.36. The average Bonchev–Trinajstić information content (AvgIpc) is 2.24. The fraction of sp³-hybridized carbons (Fsp3) is 0.333. The van der Waals surface area contributed by atoms with Crippen LogP contribution in [0.15, 0.2) is 18.2 Å². The molecule has 1 unspecified atom stereocenters. The number of hydrogen-bond acceptors (Lipinski definition) is 2. The van der Waals surface area contributed by atoms with Crippen molar-refractivity contribution in [1.29, 1.82) is 0 Å². The first kappa shape index (κ1) is 17.1. The molecule has 3 N–H and O–H groups in total. The van der Waals surface area contributed by atoms with E-state index in [0.29, 0.717) is 0 Å².